The maximum atomic E-state index is 13.0. The van der Waals surface area contributed by atoms with Crippen molar-refractivity contribution in [1.82, 2.24) is 10.2 Å². The molecule has 2 amide bonds. The van der Waals surface area contributed by atoms with Crippen molar-refractivity contribution in [2.75, 3.05) is 6.26 Å². The Labute approximate surface area is 132 Å². The van der Waals surface area contributed by atoms with Crippen molar-refractivity contribution < 1.29 is 9.59 Å². The lowest BCUT2D eigenvalue weighted by Gasteiger charge is -2.46. The molecule has 0 aromatic heterocycles. The third-order valence-corrected chi connectivity index (χ3v) is 5.92. The fourth-order valence-electron chi connectivity index (χ4n) is 3.67. The highest BCUT2D eigenvalue weighted by Crippen LogP contribution is 2.36. The molecule has 120 valence electrons. The van der Waals surface area contributed by atoms with Gasteiger partial charge in [-0.2, -0.15) is 11.8 Å². The minimum absolute atomic E-state index is 0.0232. The van der Waals surface area contributed by atoms with Crippen LogP contribution in [-0.4, -0.2) is 46.3 Å². The predicted molar refractivity (Wildman–Crippen MR) is 87.2 cm³/mol. The van der Waals surface area contributed by atoms with Gasteiger partial charge in [-0.3, -0.25) is 9.59 Å². The van der Waals surface area contributed by atoms with Gasteiger partial charge in [0.2, 0.25) is 11.8 Å². The molecule has 5 heteroatoms. The molecule has 2 rings (SSSR count). The largest absolute Gasteiger partial charge is 0.342 e. The zero-order chi connectivity index (χ0) is 15.7. The Balaban J connectivity index is 2.34. The van der Waals surface area contributed by atoms with E-state index in [0.29, 0.717) is 5.25 Å². The third kappa shape index (κ3) is 3.08. The minimum Gasteiger partial charge on any atom is -0.342 e. The van der Waals surface area contributed by atoms with Crippen LogP contribution in [0.15, 0.2) is 0 Å². The van der Waals surface area contributed by atoms with Crippen LogP contribution >= 0.6 is 11.8 Å². The van der Waals surface area contributed by atoms with Crippen LogP contribution < -0.4 is 5.32 Å². The molecule has 0 spiro atoms. The van der Waals surface area contributed by atoms with Crippen molar-refractivity contribution in [3.05, 3.63) is 0 Å². The van der Waals surface area contributed by atoms with Gasteiger partial charge >= 0.3 is 0 Å². The topological polar surface area (TPSA) is 49.4 Å². The molecule has 1 heterocycles. The molecular formula is C16H28N2O2S. The lowest BCUT2D eigenvalue weighted by molar-refractivity contribution is -0.155. The normalized spacial score (nSPS) is 34.0. The van der Waals surface area contributed by atoms with Crippen molar-refractivity contribution >= 4 is 23.6 Å². The van der Waals surface area contributed by atoms with E-state index in [-0.39, 0.29) is 41.8 Å². The van der Waals surface area contributed by atoms with Crippen molar-refractivity contribution in [3.8, 4) is 0 Å². The fourth-order valence-corrected chi connectivity index (χ4v) is 4.65. The summed E-state index contributed by atoms with van der Waals surface area (Å²) in [5.74, 6) is 0.417. The van der Waals surface area contributed by atoms with E-state index in [0.717, 1.165) is 19.3 Å². The number of hydrogen-bond acceptors (Lipinski definition) is 3. The third-order valence-electron chi connectivity index (χ3n) is 4.76. The van der Waals surface area contributed by atoms with Crippen LogP contribution in [0.1, 0.15) is 47.0 Å². The Bertz CT molecular complexity index is 411. The van der Waals surface area contributed by atoms with Crippen molar-refractivity contribution in [3.63, 3.8) is 0 Å². The number of nitrogens with zero attached hydrogens (tertiary/aromatic N) is 1. The molecule has 0 aromatic rings. The first-order valence-electron chi connectivity index (χ1n) is 8.03. The van der Waals surface area contributed by atoms with Gasteiger partial charge in [0, 0.05) is 11.3 Å². The summed E-state index contributed by atoms with van der Waals surface area (Å²) in [7, 11) is 0. The van der Waals surface area contributed by atoms with E-state index in [1.54, 1.807) is 0 Å². The second-order valence-corrected chi connectivity index (χ2v) is 8.01. The smallest absolute Gasteiger partial charge is 0.246 e. The van der Waals surface area contributed by atoms with E-state index in [1.807, 2.05) is 44.4 Å². The lowest BCUT2D eigenvalue weighted by atomic mass is 9.91. The van der Waals surface area contributed by atoms with Gasteiger partial charge < -0.3 is 10.2 Å². The Morgan fingerprint density at radius 1 is 1.14 bits per heavy atom. The summed E-state index contributed by atoms with van der Waals surface area (Å²) in [6.45, 7) is 8.06. The molecular weight excluding hydrogens is 284 g/mol. The van der Waals surface area contributed by atoms with E-state index >= 15 is 0 Å². The van der Waals surface area contributed by atoms with Crippen LogP contribution in [0.4, 0.5) is 0 Å². The summed E-state index contributed by atoms with van der Waals surface area (Å²) in [5.41, 5.74) is 0. The molecule has 1 saturated carbocycles. The number of nitrogens with one attached hydrogen (secondary N) is 1. The zero-order valence-corrected chi connectivity index (χ0v) is 14.6. The van der Waals surface area contributed by atoms with Gasteiger partial charge in [0.25, 0.3) is 0 Å². The summed E-state index contributed by atoms with van der Waals surface area (Å²) >= 11 is 1.84. The molecule has 4 atom stereocenters. The van der Waals surface area contributed by atoms with Crippen LogP contribution in [0, 0.1) is 11.8 Å². The SMILES string of the molecule is CSC1CCCC1N1C(=O)C(C(C)C)NC(=O)C1C(C)C. The fraction of sp³-hybridized carbons (Fsp3) is 0.875. The highest BCUT2D eigenvalue weighted by Gasteiger charge is 2.48. The Morgan fingerprint density at radius 2 is 1.81 bits per heavy atom. The summed E-state index contributed by atoms with van der Waals surface area (Å²) in [4.78, 5) is 27.5. The number of amides is 2. The number of carbonyl (C=O) groups excluding carboxylic acids is 2. The molecule has 0 bridgehead atoms. The van der Waals surface area contributed by atoms with Gasteiger partial charge in [-0.05, 0) is 30.9 Å². The summed E-state index contributed by atoms with van der Waals surface area (Å²) in [5, 5.41) is 3.41. The quantitative estimate of drug-likeness (QED) is 0.866. The highest BCUT2D eigenvalue weighted by atomic mass is 32.2. The van der Waals surface area contributed by atoms with Crippen molar-refractivity contribution in [1.29, 1.82) is 0 Å². The van der Waals surface area contributed by atoms with Crippen molar-refractivity contribution in [2.24, 2.45) is 11.8 Å². The van der Waals surface area contributed by atoms with Crippen LogP contribution in [0.2, 0.25) is 0 Å². The Hall–Kier alpha value is -0.710. The highest BCUT2D eigenvalue weighted by molar-refractivity contribution is 7.99. The average molecular weight is 312 g/mol. The first-order valence-corrected chi connectivity index (χ1v) is 9.32. The summed E-state index contributed by atoms with van der Waals surface area (Å²) < 4.78 is 0. The monoisotopic (exact) mass is 312 g/mol. The standard InChI is InChI=1S/C16H28N2O2S/c1-9(2)13-16(20)18(11-7-6-8-12(11)21-5)14(10(3)4)15(19)17-13/h9-14H,6-8H2,1-5H3,(H,17,19). The van der Waals surface area contributed by atoms with Gasteiger partial charge in [-0.15, -0.1) is 0 Å². The maximum Gasteiger partial charge on any atom is 0.246 e. The van der Waals surface area contributed by atoms with E-state index < -0.39 is 0 Å². The molecule has 1 aliphatic carbocycles. The molecule has 1 saturated heterocycles. The van der Waals surface area contributed by atoms with Gasteiger partial charge in [0.05, 0.1) is 0 Å². The molecule has 2 fully saturated rings. The Morgan fingerprint density at radius 3 is 2.33 bits per heavy atom. The van der Waals surface area contributed by atoms with Gasteiger partial charge in [-0.1, -0.05) is 34.1 Å². The lowest BCUT2D eigenvalue weighted by Crippen LogP contribution is -2.68. The van der Waals surface area contributed by atoms with Crippen molar-refractivity contribution in [2.45, 2.75) is 70.3 Å². The Kier molecular flexibility index (Phi) is 5.23. The first-order chi connectivity index (χ1) is 9.88. The molecule has 4 nitrogen and oxygen atoms in total. The average Bonchev–Trinajstić information content (AvgIpc) is 2.87. The molecule has 2 aliphatic rings. The maximum absolute atomic E-state index is 13.0. The second kappa shape index (κ2) is 6.59. The van der Waals surface area contributed by atoms with E-state index in [2.05, 4.69) is 11.6 Å². The zero-order valence-electron chi connectivity index (χ0n) is 13.8. The summed E-state index contributed by atoms with van der Waals surface area (Å²) in [6.07, 6.45) is 5.44. The number of hydrogen-bond donors (Lipinski definition) is 1. The minimum atomic E-state index is -0.365. The first kappa shape index (κ1) is 16.7. The predicted octanol–water partition coefficient (Wildman–Crippen LogP) is 2.28. The van der Waals surface area contributed by atoms with E-state index in [4.69, 9.17) is 0 Å². The molecule has 0 radical (unpaired) electrons. The molecule has 4 unspecified atom stereocenters. The number of thioether (sulfide) groups is 1. The number of rotatable bonds is 4. The number of carbonyl (C=O) groups is 2. The van der Waals surface area contributed by atoms with Gasteiger partial charge in [-0.25, -0.2) is 0 Å². The summed E-state index contributed by atoms with van der Waals surface area (Å²) in [6, 6.07) is -0.465. The number of piperazine rings is 1. The van der Waals surface area contributed by atoms with Crippen LogP contribution in [-0.2, 0) is 9.59 Å². The molecule has 21 heavy (non-hydrogen) atoms. The molecule has 1 aliphatic heterocycles. The van der Waals surface area contributed by atoms with E-state index in [9.17, 15) is 9.59 Å². The van der Waals surface area contributed by atoms with Gasteiger partial charge in [0.1, 0.15) is 12.1 Å². The van der Waals surface area contributed by atoms with Crippen LogP contribution in [0.5, 0.6) is 0 Å². The van der Waals surface area contributed by atoms with E-state index in [1.165, 1.54) is 0 Å². The molecule has 0 aromatic carbocycles. The van der Waals surface area contributed by atoms with Crippen LogP contribution in [0.25, 0.3) is 0 Å². The second-order valence-electron chi connectivity index (χ2n) is 6.94. The van der Waals surface area contributed by atoms with Crippen LogP contribution in [0.3, 0.4) is 0 Å². The molecule has 1 N–H and O–H groups in total. The van der Waals surface area contributed by atoms with Gasteiger partial charge in [0.15, 0.2) is 0 Å².